The van der Waals surface area contributed by atoms with E-state index in [9.17, 15) is 27.6 Å². The second-order valence-corrected chi connectivity index (χ2v) is 8.07. The fraction of sp³-hybridized carbons (Fsp3) is 0.524. The molecule has 0 radical (unpaired) electrons. The van der Waals surface area contributed by atoms with Crippen LogP contribution in [0, 0.1) is 0 Å². The third kappa shape index (κ3) is 4.56. The summed E-state index contributed by atoms with van der Waals surface area (Å²) in [7, 11) is 0. The van der Waals surface area contributed by atoms with Crippen molar-refractivity contribution in [2.45, 2.75) is 44.9 Å². The van der Waals surface area contributed by atoms with Crippen molar-refractivity contribution in [2.24, 2.45) is 0 Å². The summed E-state index contributed by atoms with van der Waals surface area (Å²) in [6.45, 7) is 1.33. The van der Waals surface area contributed by atoms with Gasteiger partial charge in [0.05, 0.1) is 5.56 Å². The van der Waals surface area contributed by atoms with E-state index in [4.69, 9.17) is 0 Å². The van der Waals surface area contributed by atoms with Crippen LogP contribution < -0.4 is 5.69 Å². The Morgan fingerprint density at radius 2 is 1.69 bits per heavy atom. The molecule has 0 N–H and O–H groups in total. The molecule has 11 heteroatoms. The quantitative estimate of drug-likeness (QED) is 0.713. The maximum Gasteiger partial charge on any atom is 0.416 e. The first-order valence-electron chi connectivity index (χ1n) is 10.6. The number of alkyl halides is 3. The molecule has 1 fully saturated rings. The van der Waals surface area contributed by atoms with Crippen LogP contribution >= 0.6 is 0 Å². The topological polar surface area (TPSA) is 80.4 Å². The number of fused-ring (bicyclic) bond motifs is 1. The Kier molecular flexibility index (Phi) is 6.07. The standard InChI is InChI=1S/C21H24F3N5O3/c22-21(23,24)16-6-4-5-15(13-16)19(31)27-11-9-26(10-12-27)18(30)14-29-20(32)28-8-3-1-2-7-17(28)25-29/h4-6,13H,1-3,7-12,14H2. The molecule has 1 aromatic carbocycles. The van der Waals surface area contributed by atoms with Gasteiger partial charge in [0, 0.05) is 44.7 Å². The zero-order chi connectivity index (χ0) is 22.9. The van der Waals surface area contributed by atoms with Gasteiger partial charge in [-0.15, -0.1) is 0 Å². The maximum absolute atomic E-state index is 12.9. The van der Waals surface area contributed by atoms with Crippen molar-refractivity contribution in [1.82, 2.24) is 24.1 Å². The highest BCUT2D eigenvalue weighted by Crippen LogP contribution is 2.29. The number of carbonyl (C=O) groups is 2. The van der Waals surface area contributed by atoms with Gasteiger partial charge in [0.1, 0.15) is 12.4 Å². The predicted octanol–water partition coefficient (Wildman–Crippen LogP) is 1.77. The third-order valence-corrected chi connectivity index (χ3v) is 5.92. The molecule has 2 aliphatic rings. The summed E-state index contributed by atoms with van der Waals surface area (Å²) in [4.78, 5) is 40.8. The summed E-state index contributed by atoms with van der Waals surface area (Å²) < 4.78 is 41.6. The average Bonchev–Trinajstić information content (AvgIpc) is 2.94. The molecule has 4 rings (SSSR count). The number of piperazine rings is 1. The summed E-state index contributed by atoms with van der Waals surface area (Å²) in [6.07, 6.45) is -0.885. The van der Waals surface area contributed by atoms with Crippen molar-refractivity contribution in [1.29, 1.82) is 0 Å². The summed E-state index contributed by atoms with van der Waals surface area (Å²) in [6, 6.07) is 4.32. The Bertz CT molecular complexity index is 1070. The van der Waals surface area contributed by atoms with E-state index in [1.165, 1.54) is 21.7 Å². The molecule has 1 saturated heterocycles. The van der Waals surface area contributed by atoms with Gasteiger partial charge in [-0.25, -0.2) is 9.48 Å². The first-order valence-corrected chi connectivity index (χ1v) is 10.6. The number of aryl methyl sites for hydroxylation is 1. The molecule has 2 aromatic rings. The highest BCUT2D eigenvalue weighted by Gasteiger charge is 2.32. The Balaban J connectivity index is 1.36. The fourth-order valence-electron chi connectivity index (χ4n) is 4.13. The molecule has 2 aliphatic heterocycles. The van der Waals surface area contributed by atoms with Crippen LogP contribution in [0.15, 0.2) is 29.1 Å². The molecular formula is C21H24F3N5O3. The zero-order valence-electron chi connectivity index (χ0n) is 17.5. The maximum atomic E-state index is 12.9. The molecule has 2 amide bonds. The molecule has 0 bridgehead atoms. The number of aromatic nitrogens is 3. The van der Waals surface area contributed by atoms with Gasteiger partial charge in [0.15, 0.2) is 0 Å². The smallest absolute Gasteiger partial charge is 0.338 e. The molecule has 0 atom stereocenters. The minimum Gasteiger partial charge on any atom is -0.338 e. The van der Waals surface area contributed by atoms with Crippen molar-refractivity contribution >= 4 is 11.8 Å². The number of nitrogens with zero attached hydrogens (tertiary/aromatic N) is 5. The van der Waals surface area contributed by atoms with Crippen LogP contribution in [0.5, 0.6) is 0 Å². The normalized spacial score (nSPS) is 17.1. The summed E-state index contributed by atoms with van der Waals surface area (Å²) >= 11 is 0. The van der Waals surface area contributed by atoms with E-state index >= 15 is 0 Å². The lowest BCUT2D eigenvalue weighted by atomic mass is 10.1. The zero-order valence-corrected chi connectivity index (χ0v) is 17.5. The monoisotopic (exact) mass is 451 g/mol. The Labute approximate surface area is 182 Å². The summed E-state index contributed by atoms with van der Waals surface area (Å²) in [5, 5.41) is 4.32. The van der Waals surface area contributed by atoms with Gasteiger partial charge < -0.3 is 9.80 Å². The van der Waals surface area contributed by atoms with Crippen LogP contribution in [-0.2, 0) is 30.5 Å². The molecule has 0 unspecified atom stereocenters. The molecule has 172 valence electrons. The molecule has 0 aliphatic carbocycles. The minimum atomic E-state index is -4.52. The van der Waals surface area contributed by atoms with Crippen LogP contribution in [0.3, 0.4) is 0 Å². The van der Waals surface area contributed by atoms with Gasteiger partial charge in [-0.3, -0.25) is 14.2 Å². The van der Waals surface area contributed by atoms with Crippen molar-refractivity contribution in [3.05, 3.63) is 51.7 Å². The minimum absolute atomic E-state index is 0.0364. The van der Waals surface area contributed by atoms with Gasteiger partial charge in [-0.1, -0.05) is 12.5 Å². The van der Waals surface area contributed by atoms with E-state index in [0.29, 0.717) is 18.8 Å². The number of benzene rings is 1. The average molecular weight is 451 g/mol. The molecule has 3 heterocycles. The van der Waals surface area contributed by atoms with Gasteiger partial charge >= 0.3 is 11.9 Å². The number of rotatable bonds is 3. The molecule has 8 nitrogen and oxygen atoms in total. The van der Waals surface area contributed by atoms with Crippen LogP contribution in [-0.4, -0.2) is 62.1 Å². The Hall–Kier alpha value is -3.11. The van der Waals surface area contributed by atoms with Gasteiger partial charge in [-0.2, -0.15) is 18.3 Å². The van der Waals surface area contributed by atoms with Gasteiger partial charge in [-0.05, 0) is 31.0 Å². The van der Waals surface area contributed by atoms with E-state index in [1.54, 1.807) is 9.47 Å². The van der Waals surface area contributed by atoms with E-state index in [-0.39, 0.29) is 49.9 Å². The SMILES string of the molecule is O=C(Cn1nc2n(c1=O)CCCCC2)N1CCN(C(=O)c2cccc(C(F)(F)F)c2)CC1. The van der Waals surface area contributed by atoms with Crippen LogP contribution in [0.25, 0.3) is 0 Å². The van der Waals surface area contributed by atoms with Gasteiger partial charge in [0.2, 0.25) is 5.91 Å². The van der Waals surface area contributed by atoms with Crippen molar-refractivity contribution < 1.29 is 22.8 Å². The van der Waals surface area contributed by atoms with Gasteiger partial charge in [0.25, 0.3) is 5.91 Å². The van der Waals surface area contributed by atoms with Crippen LogP contribution in [0.4, 0.5) is 13.2 Å². The summed E-state index contributed by atoms with van der Waals surface area (Å²) in [5.74, 6) is -0.0689. The lowest BCUT2D eigenvalue weighted by Crippen LogP contribution is -2.51. The Morgan fingerprint density at radius 1 is 0.969 bits per heavy atom. The highest BCUT2D eigenvalue weighted by atomic mass is 19.4. The number of hydrogen-bond donors (Lipinski definition) is 0. The van der Waals surface area contributed by atoms with Crippen molar-refractivity contribution in [3.63, 3.8) is 0 Å². The van der Waals surface area contributed by atoms with E-state index in [0.717, 1.165) is 31.4 Å². The van der Waals surface area contributed by atoms with E-state index < -0.39 is 17.6 Å². The second kappa shape index (κ2) is 8.79. The molecule has 0 spiro atoms. The highest BCUT2D eigenvalue weighted by molar-refractivity contribution is 5.94. The fourth-order valence-corrected chi connectivity index (χ4v) is 4.13. The number of carbonyl (C=O) groups excluding carboxylic acids is 2. The number of halogens is 3. The van der Waals surface area contributed by atoms with Crippen molar-refractivity contribution in [2.75, 3.05) is 26.2 Å². The number of amides is 2. The molecule has 1 aromatic heterocycles. The van der Waals surface area contributed by atoms with E-state index in [1.807, 2.05) is 0 Å². The van der Waals surface area contributed by atoms with Crippen LogP contribution in [0.1, 0.15) is 41.0 Å². The second-order valence-electron chi connectivity index (χ2n) is 8.07. The first kappa shape index (κ1) is 22.1. The predicted molar refractivity (Wildman–Crippen MR) is 108 cm³/mol. The van der Waals surface area contributed by atoms with Crippen LogP contribution in [0.2, 0.25) is 0 Å². The molecule has 0 saturated carbocycles. The number of hydrogen-bond acceptors (Lipinski definition) is 4. The summed E-state index contributed by atoms with van der Waals surface area (Å²) in [5.41, 5.74) is -1.19. The van der Waals surface area contributed by atoms with Crippen molar-refractivity contribution in [3.8, 4) is 0 Å². The lowest BCUT2D eigenvalue weighted by Gasteiger charge is -2.34. The third-order valence-electron chi connectivity index (χ3n) is 5.92. The molecular weight excluding hydrogens is 427 g/mol. The Morgan fingerprint density at radius 3 is 2.41 bits per heavy atom. The lowest BCUT2D eigenvalue weighted by molar-refractivity contribution is -0.137. The molecule has 32 heavy (non-hydrogen) atoms. The largest absolute Gasteiger partial charge is 0.416 e. The first-order chi connectivity index (χ1) is 15.2. The van der Waals surface area contributed by atoms with E-state index in [2.05, 4.69) is 5.10 Å².